The SMILES string of the molecule is CC(C)OP(=O)(OC(C)C)C1(NS(=O)(=O)c2ccc(Br)cc2)C=CC(=O)c2ccccc21. The smallest absolute Gasteiger partial charge is 0.304 e. The van der Waals surface area contributed by atoms with Crippen molar-refractivity contribution in [2.75, 3.05) is 0 Å². The highest BCUT2D eigenvalue weighted by Crippen LogP contribution is 2.67. The topological polar surface area (TPSA) is 98.8 Å². The van der Waals surface area contributed by atoms with E-state index in [9.17, 15) is 17.8 Å². The Hall–Kier alpha value is -1.61. The molecular formula is C22H25BrNO6PS. The molecule has 2 aromatic rings. The third kappa shape index (κ3) is 4.83. The van der Waals surface area contributed by atoms with E-state index in [0.29, 0.717) is 4.47 Å². The second-order valence-electron chi connectivity index (χ2n) is 7.87. The molecule has 1 atom stereocenters. The van der Waals surface area contributed by atoms with Crippen LogP contribution in [0.25, 0.3) is 0 Å². The van der Waals surface area contributed by atoms with Crippen LogP contribution in [0.15, 0.2) is 70.1 Å². The third-order valence-corrected chi connectivity index (χ3v) is 9.55. The van der Waals surface area contributed by atoms with Gasteiger partial charge in [0.15, 0.2) is 11.1 Å². The van der Waals surface area contributed by atoms with E-state index >= 15 is 0 Å². The van der Waals surface area contributed by atoms with Crippen molar-refractivity contribution in [1.29, 1.82) is 0 Å². The molecule has 3 rings (SSSR count). The summed E-state index contributed by atoms with van der Waals surface area (Å²) in [6.07, 6.45) is 1.38. The first-order valence-corrected chi connectivity index (χ1v) is 13.8. The number of nitrogens with one attached hydrogen (secondary N) is 1. The number of carbonyl (C=O) groups excluding carboxylic acids is 1. The van der Waals surface area contributed by atoms with E-state index in [0.717, 1.165) is 0 Å². The van der Waals surface area contributed by atoms with Crippen LogP contribution >= 0.6 is 23.5 Å². The lowest BCUT2D eigenvalue weighted by Crippen LogP contribution is -2.47. The minimum absolute atomic E-state index is 0.0384. The zero-order valence-corrected chi connectivity index (χ0v) is 21.4. The summed E-state index contributed by atoms with van der Waals surface area (Å²) in [5.74, 6) is -0.334. The summed E-state index contributed by atoms with van der Waals surface area (Å²) in [6.45, 7) is 6.71. The van der Waals surface area contributed by atoms with E-state index in [2.05, 4.69) is 20.7 Å². The van der Waals surface area contributed by atoms with Crippen molar-refractivity contribution in [1.82, 2.24) is 4.72 Å². The fourth-order valence-electron chi connectivity index (χ4n) is 3.41. The van der Waals surface area contributed by atoms with Gasteiger partial charge in [-0.2, -0.15) is 4.72 Å². The average Bonchev–Trinajstić information content (AvgIpc) is 2.69. The Morgan fingerprint density at radius 3 is 2.09 bits per heavy atom. The van der Waals surface area contributed by atoms with Crippen molar-refractivity contribution in [3.63, 3.8) is 0 Å². The fourth-order valence-corrected chi connectivity index (χ4v) is 7.93. The van der Waals surface area contributed by atoms with Crippen molar-refractivity contribution in [2.24, 2.45) is 0 Å². The Morgan fingerprint density at radius 1 is 0.969 bits per heavy atom. The molecule has 0 aliphatic heterocycles. The molecule has 0 bridgehead atoms. The number of rotatable bonds is 8. The maximum atomic E-state index is 14.4. The highest BCUT2D eigenvalue weighted by Gasteiger charge is 2.57. The molecule has 0 aromatic heterocycles. The lowest BCUT2D eigenvalue weighted by Gasteiger charge is -2.41. The van der Waals surface area contributed by atoms with Gasteiger partial charge in [0.25, 0.3) is 0 Å². The summed E-state index contributed by atoms with van der Waals surface area (Å²) < 4.78 is 56.2. The number of ketones is 1. The highest BCUT2D eigenvalue weighted by molar-refractivity contribution is 9.10. The molecule has 1 N–H and O–H groups in total. The van der Waals surface area contributed by atoms with Crippen LogP contribution in [0.4, 0.5) is 0 Å². The summed E-state index contributed by atoms with van der Waals surface area (Å²) in [5.41, 5.74) is 0.422. The molecule has 0 fully saturated rings. The zero-order chi connectivity index (χ0) is 23.7. The minimum Gasteiger partial charge on any atom is -0.304 e. The van der Waals surface area contributed by atoms with Crippen molar-refractivity contribution in [3.8, 4) is 0 Å². The second kappa shape index (κ2) is 9.33. The Bertz CT molecular complexity index is 1180. The van der Waals surface area contributed by atoms with Crippen LogP contribution in [0, 0.1) is 0 Å². The molecule has 32 heavy (non-hydrogen) atoms. The lowest BCUT2D eigenvalue weighted by molar-refractivity contribution is 0.103. The number of benzene rings is 2. The monoisotopic (exact) mass is 541 g/mol. The number of hydrogen-bond donors (Lipinski definition) is 1. The van der Waals surface area contributed by atoms with Crippen LogP contribution in [0.1, 0.15) is 43.6 Å². The molecule has 0 radical (unpaired) electrons. The molecule has 1 aliphatic rings. The summed E-state index contributed by atoms with van der Waals surface area (Å²) in [4.78, 5) is 12.5. The molecule has 172 valence electrons. The van der Waals surface area contributed by atoms with E-state index in [1.807, 2.05) is 0 Å². The first-order valence-electron chi connectivity index (χ1n) is 10.00. The van der Waals surface area contributed by atoms with Crippen LogP contribution in [0.2, 0.25) is 0 Å². The van der Waals surface area contributed by atoms with Crippen LogP contribution < -0.4 is 4.72 Å². The Morgan fingerprint density at radius 2 is 1.53 bits per heavy atom. The largest absolute Gasteiger partial charge is 0.360 e. The van der Waals surface area contributed by atoms with Gasteiger partial charge >= 0.3 is 7.60 Å². The third-order valence-electron chi connectivity index (χ3n) is 4.62. The van der Waals surface area contributed by atoms with Crippen molar-refractivity contribution in [3.05, 3.63) is 76.3 Å². The quantitative estimate of drug-likeness (QED) is 0.450. The van der Waals surface area contributed by atoms with Crippen LogP contribution in [0.3, 0.4) is 0 Å². The van der Waals surface area contributed by atoms with Gasteiger partial charge in [-0.25, -0.2) is 8.42 Å². The van der Waals surface area contributed by atoms with E-state index < -0.39 is 35.1 Å². The Kier molecular flexibility index (Phi) is 7.29. The van der Waals surface area contributed by atoms with Crippen molar-refractivity contribution in [2.45, 2.75) is 50.1 Å². The maximum absolute atomic E-state index is 14.4. The summed E-state index contributed by atoms with van der Waals surface area (Å²) in [6, 6.07) is 12.4. The summed E-state index contributed by atoms with van der Waals surface area (Å²) >= 11 is 3.29. The summed E-state index contributed by atoms with van der Waals surface area (Å²) in [5, 5.41) is -1.95. The van der Waals surface area contributed by atoms with Crippen molar-refractivity contribution >= 4 is 39.3 Å². The molecule has 7 nitrogen and oxygen atoms in total. The van der Waals surface area contributed by atoms with Crippen LogP contribution in [-0.4, -0.2) is 26.4 Å². The standard InChI is InChI=1S/C22H25BrNO6PS/c1-15(2)29-31(26,30-16(3)4)22(14-13-21(25)19-7-5-6-8-20(19)22)24-32(27,28)18-11-9-17(23)10-12-18/h5-16,24H,1-4H3. The molecule has 0 saturated heterocycles. The van der Waals surface area contributed by atoms with Crippen molar-refractivity contribution < 1.29 is 26.8 Å². The molecule has 0 amide bonds. The fraction of sp³-hybridized carbons (Fsp3) is 0.318. The van der Waals surface area contributed by atoms with Gasteiger partial charge in [0.05, 0.1) is 17.1 Å². The molecule has 1 aliphatic carbocycles. The normalized spacial score (nSPS) is 18.9. The molecule has 0 saturated carbocycles. The predicted octanol–water partition coefficient (Wildman–Crippen LogP) is 5.38. The Balaban J connectivity index is 2.30. The van der Waals surface area contributed by atoms with E-state index in [-0.39, 0.29) is 21.8 Å². The molecule has 1 unspecified atom stereocenters. The number of halogens is 1. The molecule has 0 spiro atoms. The van der Waals surface area contributed by atoms with E-state index in [1.54, 1.807) is 64.1 Å². The van der Waals surface area contributed by atoms with Gasteiger partial charge in [0, 0.05) is 15.6 Å². The van der Waals surface area contributed by atoms with Crippen LogP contribution in [-0.2, 0) is 28.9 Å². The predicted molar refractivity (Wildman–Crippen MR) is 126 cm³/mol. The maximum Gasteiger partial charge on any atom is 0.360 e. The van der Waals surface area contributed by atoms with Gasteiger partial charge in [-0.1, -0.05) is 40.2 Å². The molecule has 2 aromatic carbocycles. The first kappa shape index (κ1) is 25.0. The average molecular weight is 542 g/mol. The van der Waals surface area contributed by atoms with E-state index in [1.165, 1.54) is 24.3 Å². The van der Waals surface area contributed by atoms with Gasteiger partial charge in [0.2, 0.25) is 10.0 Å². The summed E-state index contributed by atoms with van der Waals surface area (Å²) in [7, 11) is -8.48. The second-order valence-corrected chi connectivity index (χ2v) is 12.6. The number of carbonyl (C=O) groups is 1. The first-order chi connectivity index (χ1) is 14.9. The molecule has 10 heteroatoms. The Labute approximate surface area is 196 Å². The van der Waals surface area contributed by atoms with Gasteiger partial charge in [-0.05, 0) is 64.1 Å². The van der Waals surface area contributed by atoms with Gasteiger partial charge in [-0.15, -0.1) is 0 Å². The van der Waals surface area contributed by atoms with E-state index in [4.69, 9.17) is 9.05 Å². The van der Waals surface area contributed by atoms with Gasteiger partial charge < -0.3 is 9.05 Å². The molecule has 0 heterocycles. The lowest BCUT2D eigenvalue weighted by atomic mass is 9.92. The number of sulfonamides is 1. The van der Waals surface area contributed by atoms with Crippen LogP contribution in [0.5, 0.6) is 0 Å². The van der Waals surface area contributed by atoms with Gasteiger partial charge in [-0.3, -0.25) is 9.36 Å². The zero-order valence-electron chi connectivity index (χ0n) is 18.1. The number of fused-ring (bicyclic) bond motifs is 1. The number of allylic oxidation sites excluding steroid dienone is 1. The number of hydrogen-bond acceptors (Lipinski definition) is 6. The minimum atomic E-state index is -4.26. The molecular weight excluding hydrogens is 517 g/mol. The highest BCUT2D eigenvalue weighted by atomic mass is 79.9. The van der Waals surface area contributed by atoms with Gasteiger partial charge in [0.1, 0.15) is 0 Å².